The van der Waals surface area contributed by atoms with Crippen molar-refractivity contribution in [2.24, 2.45) is 10.2 Å². The van der Waals surface area contributed by atoms with Gasteiger partial charge in [0, 0.05) is 0 Å². The summed E-state index contributed by atoms with van der Waals surface area (Å²) in [6.45, 7) is 6.12. The number of phenols is 1. The second-order valence-corrected chi connectivity index (χ2v) is 4.67. The number of azo groups is 1. The van der Waals surface area contributed by atoms with Gasteiger partial charge in [-0.3, -0.25) is 0 Å². The Balaban J connectivity index is 2.32. The molecule has 0 aliphatic carbocycles. The third-order valence-electron chi connectivity index (χ3n) is 3.07. The largest absolute Gasteiger partial charge is 0.506 e. The topological polar surface area (TPSA) is 45.0 Å². The molecule has 0 aromatic heterocycles. The fraction of sp³-hybridized carbons (Fsp3) is 0.250. The molecule has 0 saturated carbocycles. The molecule has 0 unspecified atom stereocenters. The lowest BCUT2D eigenvalue weighted by Gasteiger charge is -2.02. The van der Waals surface area contributed by atoms with Crippen molar-refractivity contribution in [1.82, 2.24) is 0 Å². The summed E-state index contributed by atoms with van der Waals surface area (Å²) < 4.78 is 0. The average Bonchev–Trinajstić information content (AvgIpc) is 2.39. The highest BCUT2D eigenvalue weighted by Gasteiger charge is 2.02. The quantitative estimate of drug-likeness (QED) is 0.771. The fourth-order valence-corrected chi connectivity index (χ4v) is 1.89. The van der Waals surface area contributed by atoms with E-state index in [1.165, 1.54) is 5.56 Å². The molecule has 2 aromatic rings. The summed E-state index contributed by atoms with van der Waals surface area (Å²) >= 11 is 0. The first kappa shape index (κ1) is 13.3. The molecule has 0 amide bonds. The van der Waals surface area contributed by atoms with Gasteiger partial charge in [0.2, 0.25) is 0 Å². The van der Waals surface area contributed by atoms with Crippen molar-refractivity contribution in [1.29, 1.82) is 0 Å². The molecule has 1 N–H and O–H groups in total. The lowest BCUT2D eigenvalue weighted by atomic mass is 10.1. The molecule has 98 valence electrons. The van der Waals surface area contributed by atoms with Crippen molar-refractivity contribution in [3.8, 4) is 5.75 Å². The number of nitrogens with zero attached hydrogens (tertiary/aromatic N) is 2. The van der Waals surface area contributed by atoms with Gasteiger partial charge in [0.15, 0.2) is 0 Å². The molecule has 0 fully saturated rings. The number of aromatic hydroxyl groups is 1. The molecule has 3 heteroatoms. The molecule has 0 aliphatic heterocycles. The number of benzene rings is 2. The van der Waals surface area contributed by atoms with Gasteiger partial charge in [-0.25, -0.2) is 0 Å². The van der Waals surface area contributed by atoms with E-state index in [1.807, 2.05) is 38.1 Å². The maximum absolute atomic E-state index is 9.77. The van der Waals surface area contributed by atoms with Gasteiger partial charge in [0.05, 0.1) is 5.69 Å². The van der Waals surface area contributed by atoms with Gasteiger partial charge in [-0.05, 0) is 49.6 Å². The summed E-state index contributed by atoms with van der Waals surface area (Å²) in [6, 6.07) is 11.4. The first-order chi connectivity index (χ1) is 9.10. The fourth-order valence-electron chi connectivity index (χ4n) is 1.89. The SMILES string of the molecule is CCc1ccc(O)c(N=Nc2ccc(C)cc2C)c1. The zero-order chi connectivity index (χ0) is 13.8. The van der Waals surface area contributed by atoms with E-state index >= 15 is 0 Å². The molecular weight excluding hydrogens is 236 g/mol. The normalized spacial score (nSPS) is 11.1. The summed E-state index contributed by atoms with van der Waals surface area (Å²) in [5.41, 5.74) is 4.75. The van der Waals surface area contributed by atoms with E-state index in [0.29, 0.717) is 5.69 Å². The van der Waals surface area contributed by atoms with Gasteiger partial charge in [0.1, 0.15) is 11.4 Å². The number of rotatable bonds is 3. The van der Waals surface area contributed by atoms with Crippen LogP contribution in [0.4, 0.5) is 11.4 Å². The van der Waals surface area contributed by atoms with Crippen molar-refractivity contribution in [2.75, 3.05) is 0 Å². The summed E-state index contributed by atoms with van der Waals surface area (Å²) in [5.74, 6) is 0.158. The molecule has 0 spiro atoms. The Morgan fingerprint density at radius 3 is 2.37 bits per heavy atom. The predicted octanol–water partition coefficient (Wildman–Crippen LogP) is 4.99. The third kappa shape index (κ3) is 3.19. The highest BCUT2D eigenvalue weighted by molar-refractivity contribution is 5.53. The van der Waals surface area contributed by atoms with Crippen LogP contribution in [0.25, 0.3) is 0 Å². The van der Waals surface area contributed by atoms with Crippen molar-refractivity contribution in [2.45, 2.75) is 27.2 Å². The van der Waals surface area contributed by atoms with Crippen LogP contribution in [0.1, 0.15) is 23.6 Å². The molecule has 3 nitrogen and oxygen atoms in total. The van der Waals surface area contributed by atoms with E-state index in [2.05, 4.69) is 23.2 Å². The van der Waals surface area contributed by atoms with Gasteiger partial charge < -0.3 is 5.11 Å². The first-order valence-electron chi connectivity index (χ1n) is 6.41. The third-order valence-corrected chi connectivity index (χ3v) is 3.07. The monoisotopic (exact) mass is 254 g/mol. The molecule has 0 saturated heterocycles. The lowest BCUT2D eigenvalue weighted by molar-refractivity contribution is 0.476. The van der Waals surface area contributed by atoms with Crippen LogP contribution in [-0.2, 0) is 6.42 Å². The van der Waals surface area contributed by atoms with Crippen LogP contribution >= 0.6 is 0 Å². The molecular formula is C16H18N2O. The smallest absolute Gasteiger partial charge is 0.143 e. The van der Waals surface area contributed by atoms with E-state index in [9.17, 15) is 5.11 Å². The zero-order valence-electron chi connectivity index (χ0n) is 11.5. The van der Waals surface area contributed by atoms with E-state index in [4.69, 9.17) is 0 Å². The van der Waals surface area contributed by atoms with E-state index < -0.39 is 0 Å². The van der Waals surface area contributed by atoms with E-state index in [0.717, 1.165) is 23.2 Å². The van der Waals surface area contributed by atoms with Gasteiger partial charge >= 0.3 is 0 Å². The van der Waals surface area contributed by atoms with Crippen molar-refractivity contribution in [3.05, 3.63) is 53.1 Å². The van der Waals surface area contributed by atoms with Crippen LogP contribution in [-0.4, -0.2) is 5.11 Å². The number of phenolic OH excluding ortho intramolecular Hbond substituents is 1. The molecule has 2 rings (SSSR count). The Kier molecular flexibility index (Phi) is 3.95. The molecule has 0 bridgehead atoms. The minimum Gasteiger partial charge on any atom is -0.506 e. The van der Waals surface area contributed by atoms with Gasteiger partial charge in [-0.2, -0.15) is 5.11 Å². The van der Waals surface area contributed by atoms with Crippen LogP contribution in [0.2, 0.25) is 0 Å². The molecule has 19 heavy (non-hydrogen) atoms. The average molecular weight is 254 g/mol. The zero-order valence-corrected chi connectivity index (χ0v) is 11.5. The number of aryl methyl sites for hydroxylation is 3. The second kappa shape index (κ2) is 5.65. The van der Waals surface area contributed by atoms with Crippen molar-refractivity contribution in [3.63, 3.8) is 0 Å². The molecule has 0 atom stereocenters. The highest BCUT2D eigenvalue weighted by Crippen LogP contribution is 2.30. The first-order valence-corrected chi connectivity index (χ1v) is 6.41. The number of hydrogen-bond acceptors (Lipinski definition) is 3. The van der Waals surface area contributed by atoms with Gasteiger partial charge in [-0.15, -0.1) is 5.11 Å². The van der Waals surface area contributed by atoms with Crippen LogP contribution in [0, 0.1) is 13.8 Å². The summed E-state index contributed by atoms with van der Waals surface area (Å²) in [6.07, 6.45) is 0.909. The second-order valence-electron chi connectivity index (χ2n) is 4.67. The molecule has 0 heterocycles. The summed E-state index contributed by atoms with van der Waals surface area (Å²) in [7, 11) is 0. The Labute approximate surface area is 113 Å². The standard InChI is InChI=1S/C16H18N2O/c1-4-13-6-8-16(19)15(10-13)18-17-14-7-5-11(2)9-12(14)3/h5-10,19H,4H2,1-3H3. The highest BCUT2D eigenvalue weighted by atomic mass is 16.3. The maximum atomic E-state index is 9.77. The van der Waals surface area contributed by atoms with Crippen molar-refractivity contribution < 1.29 is 5.11 Å². The van der Waals surface area contributed by atoms with Crippen LogP contribution in [0.15, 0.2) is 46.6 Å². The van der Waals surface area contributed by atoms with Crippen LogP contribution in [0.3, 0.4) is 0 Å². The molecule has 0 aliphatic rings. The Morgan fingerprint density at radius 1 is 0.947 bits per heavy atom. The van der Waals surface area contributed by atoms with E-state index in [-0.39, 0.29) is 5.75 Å². The predicted molar refractivity (Wildman–Crippen MR) is 77.6 cm³/mol. The molecule has 2 aromatic carbocycles. The molecule has 0 radical (unpaired) electrons. The Bertz CT molecular complexity index is 618. The Morgan fingerprint density at radius 2 is 1.68 bits per heavy atom. The summed E-state index contributed by atoms with van der Waals surface area (Å²) in [4.78, 5) is 0. The Hall–Kier alpha value is -2.16. The minimum absolute atomic E-state index is 0.158. The summed E-state index contributed by atoms with van der Waals surface area (Å²) in [5, 5.41) is 18.1. The van der Waals surface area contributed by atoms with Crippen molar-refractivity contribution >= 4 is 11.4 Å². The number of hydrogen-bond donors (Lipinski definition) is 1. The van der Waals surface area contributed by atoms with E-state index in [1.54, 1.807) is 6.07 Å². The van der Waals surface area contributed by atoms with Gasteiger partial charge in [-0.1, -0.05) is 30.7 Å². The van der Waals surface area contributed by atoms with Gasteiger partial charge in [0.25, 0.3) is 0 Å². The minimum atomic E-state index is 0.158. The maximum Gasteiger partial charge on any atom is 0.143 e. The van der Waals surface area contributed by atoms with Crippen LogP contribution < -0.4 is 0 Å². The lowest BCUT2D eigenvalue weighted by Crippen LogP contribution is -1.79. The van der Waals surface area contributed by atoms with Crippen LogP contribution in [0.5, 0.6) is 5.75 Å².